The topological polar surface area (TPSA) is 74.0 Å². The number of fused-ring (bicyclic) bond motifs is 1. The summed E-state index contributed by atoms with van der Waals surface area (Å²) in [6.07, 6.45) is 0. The zero-order valence-corrected chi connectivity index (χ0v) is 14.9. The first kappa shape index (κ1) is 17.5. The van der Waals surface area contributed by atoms with E-state index in [2.05, 4.69) is 4.90 Å². The Balaban J connectivity index is 1.80. The summed E-state index contributed by atoms with van der Waals surface area (Å²) in [6.45, 7) is 9.15. The molecule has 0 atom stereocenters. The number of phenols is 1. The molecule has 0 bridgehead atoms. The fourth-order valence-electron chi connectivity index (χ4n) is 3.28. The molecule has 1 amide bonds. The lowest BCUT2D eigenvalue weighted by molar-refractivity contribution is -0.136. The predicted octanol–water partition coefficient (Wildman–Crippen LogP) is 2.11. The van der Waals surface area contributed by atoms with Crippen LogP contribution in [0.2, 0.25) is 0 Å². The van der Waals surface area contributed by atoms with Gasteiger partial charge in [0.25, 0.3) is 0 Å². The number of hydrogen-bond acceptors (Lipinski definition) is 5. The highest BCUT2D eigenvalue weighted by Gasteiger charge is 2.23. The fourth-order valence-corrected chi connectivity index (χ4v) is 3.28. The number of nitrogens with zero attached hydrogens (tertiary/aromatic N) is 2. The van der Waals surface area contributed by atoms with E-state index >= 15 is 0 Å². The molecule has 0 saturated carbocycles. The number of aromatic hydroxyl groups is 1. The molecule has 2 aromatic rings. The number of piperazine rings is 1. The molecular weight excluding hydrogens is 320 g/mol. The molecule has 1 aromatic carbocycles. The molecule has 6 nitrogen and oxygen atoms in total. The minimum atomic E-state index is -0.412. The number of carbonyl (C=O) groups excluding carboxylic acids is 1. The number of carbonyl (C=O) groups is 1. The SMILES string of the molecule is Cc1c(O)ccc2c(CN3CCN(C(=O)C(C)C)CC3)cc(=O)oc12. The maximum Gasteiger partial charge on any atom is 0.336 e. The lowest BCUT2D eigenvalue weighted by atomic mass is 10.1. The third-order valence-electron chi connectivity index (χ3n) is 4.79. The van der Waals surface area contributed by atoms with Gasteiger partial charge >= 0.3 is 5.63 Å². The monoisotopic (exact) mass is 344 g/mol. The molecule has 1 N–H and O–H groups in total. The Morgan fingerprint density at radius 1 is 1.24 bits per heavy atom. The third-order valence-corrected chi connectivity index (χ3v) is 4.79. The van der Waals surface area contributed by atoms with Gasteiger partial charge < -0.3 is 14.4 Å². The molecule has 2 heterocycles. The molecule has 134 valence electrons. The molecule has 1 fully saturated rings. The largest absolute Gasteiger partial charge is 0.508 e. The number of phenolic OH excluding ortho intramolecular Hbond substituents is 1. The molecule has 1 aromatic heterocycles. The summed E-state index contributed by atoms with van der Waals surface area (Å²) < 4.78 is 5.29. The van der Waals surface area contributed by atoms with Crippen molar-refractivity contribution < 1.29 is 14.3 Å². The first-order chi connectivity index (χ1) is 11.9. The molecular formula is C19H24N2O4. The highest BCUT2D eigenvalue weighted by atomic mass is 16.4. The molecule has 1 aliphatic rings. The van der Waals surface area contributed by atoms with Crippen LogP contribution in [0.25, 0.3) is 11.0 Å². The summed E-state index contributed by atoms with van der Waals surface area (Å²) >= 11 is 0. The average molecular weight is 344 g/mol. The van der Waals surface area contributed by atoms with Crippen LogP contribution in [0.4, 0.5) is 0 Å². The first-order valence-electron chi connectivity index (χ1n) is 8.63. The van der Waals surface area contributed by atoms with E-state index in [1.54, 1.807) is 19.1 Å². The van der Waals surface area contributed by atoms with E-state index in [4.69, 9.17) is 4.42 Å². The van der Waals surface area contributed by atoms with Crippen molar-refractivity contribution in [3.05, 3.63) is 39.7 Å². The Morgan fingerprint density at radius 3 is 2.56 bits per heavy atom. The van der Waals surface area contributed by atoms with Gasteiger partial charge in [-0.05, 0) is 24.6 Å². The summed E-state index contributed by atoms with van der Waals surface area (Å²) in [6, 6.07) is 4.93. The zero-order chi connectivity index (χ0) is 18.1. The Hall–Kier alpha value is -2.34. The van der Waals surface area contributed by atoms with Gasteiger partial charge in [-0.3, -0.25) is 9.69 Å². The van der Waals surface area contributed by atoms with Gasteiger partial charge in [0.05, 0.1) is 0 Å². The average Bonchev–Trinajstić information content (AvgIpc) is 2.58. The lowest BCUT2D eigenvalue weighted by Gasteiger charge is -2.35. The second-order valence-electron chi connectivity index (χ2n) is 6.93. The Kier molecular flexibility index (Phi) is 4.81. The van der Waals surface area contributed by atoms with E-state index in [0.717, 1.165) is 24.0 Å². The van der Waals surface area contributed by atoms with E-state index in [-0.39, 0.29) is 17.6 Å². The van der Waals surface area contributed by atoms with Crippen molar-refractivity contribution >= 4 is 16.9 Å². The quantitative estimate of drug-likeness (QED) is 0.863. The lowest BCUT2D eigenvalue weighted by Crippen LogP contribution is -2.49. The van der Waals surface area contributed by atoms with Gasteiger partial charge in [-0.15, -0.1) is 0 Å². The van der Waals surface area contributed by atoms with Gasteiger partial charge in [-0.25, -0.2) is 4.79 Å². The molecule has 3 rings (SSSR count). The van der Waals surface area contributed by atoms with Crippen LogP contribution in [-0.4, -0.2) is 47.0 Å². The summed E-state index contributed by atoms with van der Waals surface area (Å²) in [7, 11) is 0. The summed E-state index contributed by atoms with van der Waals surface area (Å²) in [5.74, 6) is 0.329. The van der Waals surface area contributed by atoms with Crippen LogP contribution in [0.3, 0.4) is 0 Å². The maximum atomic E-state index is 12.1. The van der Waals surface area contributed by atoms with Crippen molar-refractivity contribution in [2.24, 2.45) is 5.92 Å². The Labute approximate surface area is 146 Å². The van der Waals surface area contributed by atoms with Crippen LogP contribution < -0.4 is 5.63 Å². The maximum absolute atomic E-state index is 12.1. The van der Waals surface area contributed by atoms with Crippen LogP contribution in [0.15, 0.2) is 27.4 Å². The highest BCUT2D eigenvalue weighted by molar-refractivity contribution is 5.84. The van der Waals surface area contributed by atoms with Crippen molar-refractivity contribution in [2.75, 3.05) is 26.2 Å². The number of amides is 1. The van der Waals surface area contributed by atoms with Gasteiger partial charge in [-0.1, -0.05) is 13.8 Å². The molecule has 0 aliphatic carbocycles. The minimum absolute atomic E-state index is 0.0184. The van der Waals surface area contributed by atoms with Crippen LogP contribution in [0.1, 0.15) is 25.0 Å². The van der Waals surface area contributed by atoms with Crippen molar-refractivity contribution in [1.29, 1.82) is 0 Å². The zero-order valence-electron chi connectivity index (χ0n) is 14.9. The molecule has 6 heteroatoms. The van der Waals surface area contributed by atoms with Gasteiger partial charge in [0.15, 0.2) is 0 Å². The van der Waals surface area contributed by atoms with E-state index in [0.29, 0.717) is 30.8 Å². The summed E-state index contributed by atoms with van der Waals surface area (Å²) in [5, 5.41) is 10.7. The molecule has 0 unspecified atom stereocenters. The number of benzene rings is 1. The van der Waals surface area contributed by atoms with Crippen LogP contribution >= 0.6 is 0 Å². The molecule has 0 radical (unpaired) electrons. The van der Waals surface area contributed by atoms with Crippen molar-refractivity contribution in [3.8, 4) is 5.75 Å². The van der Waals surface area contributed by atoms with Crippen molar-refractivity contribution in [1.82, 2.24) is 9.80 Å². The predicted molar refractivity (Wildman–Crippen MR) is 95.6 cm³/mol. The van der Waals surface area contributed by atoms with E-state index in [9.17, 15) is 14.7 Å². The number of rotatable bonds is 3. The second-order valence-corrected chi connectivity index (χ2v) is 6.93. The summed E-state index contributed by atoms with van der Waals surface area (Å²) in [5.41, 5.74) is 1.49. The Morgan fingerprint density at radius 2 is 1.92 bits per heavy atom. The second kappa shape index (κ2) is 6.88. The van der Waals surface area contributed by atoms with Crippen LogP contribution in [0, 0.1) is 12.8 Å². The van der Waals surface area contributed by atoms with E-state index in [1.807, 2.05) is 18.7 Å². The number of hydrogen-bond donors (Lipinski definition) is 1. The third kappa shape index (κ3) is 3.54. The van der Waals surface area contributed by atoms with E-state index < -0.39 is 5.63 Å². The Bertz CT molecular complexity index is 848. The van der Waals surface area contributed by atoms with Crippen molar-refractivity contribution in [2.45, 2.75) is 27.3 Å². The highest BCUT2D eigenvalue weighted by Crippen LogP contribution is 2.28. The molecule has 1 aliphatic heterocycles. The van der Waals surface area contributed by atoms with Gasteiger partial charge in [-0.2, -0.15) is 0 Å². The van der Waals surface area contributed by atoms with Crippen molar-refractivity contribution in [3.63, 3.8) is 0 Å². The number of aryl methyl sites for hydroxylation is 1. The normalized spacial score (nSPS) is 15.9. The standard InChI is InChI=1S/C19H24N2O4/c1-12(2)19(24)21-8-6-20(7-9-21)11-14-10-17(23)25-18-13(3)16(22)5-4-15(14)18/h4-5,10,12,22H,6-9,11H2,1-3H3. The fraction of sp³-hybridized carbons (Fsp3) is 0.474. The van der Waals surface area contributed by atoms with Crippen LogP contribution in [0.5, 0.6) is 5.75 Å². The minimum Gasteiger partial charge on any atom is -0.508 e. The van der Waals surface area contributed by atoms with E-state index in [1.165, 1.54) is 6.07 Å². The van der Waals surface area contributed by atoms with Gasteiger partial charge in [0, 0.05) is 55.7 Å². The molecule has 0 spiro atoms. The van der Waals surface area contributed by atoms with Crippen LogP contribution in [-0.2, 0) is 11.3 Å². The van der Waals surface area contributed by atoms with Gasteiger partial charge in [0.2, 0.25) is 5.91 Å². The molecule has 25 heavy (non-hydrogen) atoms. The first-order valence-corrected chi connectivity index (χ1v) is 8.63. The van der Waals surface area contributed by atoms with Gasteiger partial charge in [0.1, 0.15) is 11.3 Å². The summed E-state index contributed by atoms with van der Waals surface area (Å²) in [4.78, 5) is 28.1. The molecule has 1 saturated heterocycles. The smallest absolute Gasteiger partial charge is 0.336 e.